The van der Waals surface area contributed by atoms with Gasteiger partial charge in [0, 0.05) is 7.05 Å². The predicted molar refractivity (Wildman–Crippen MR) is 73.5 cm³/mol. The SMILES string of the molecule is C#CC(C)NC(=O)c1sc2c(c(C)nn2C)c1N. The number of hydrogen-bond acceptors (Lipinski definition) is 4. The second kappa shape index (κ2) is 4.35. The van der Waals surface area contributed by atoms with Crippen LogP contribution in [0.3, 0.4) is 0 Å². The first-order valence-corrected chi connectivity index (χ1v) is 6.26. The number of aryl methyl sites for hydroxylation is 2. The molecule has 1 amide bonds. The minimum absolute atomic E-state index is 0.237. The molecule has 2 rings (SSSR count). The molecule has 0 fully saturated rings. The number of rotatable bonds is 2. The zero-order chi connectivity index (χ0) is 13.4. The van der Waals surface area contributed by atoms with E-state index in [9.17, 15) is 4.79 Å². The van der Waals surface area contributed by atoms with Crippen molar-refractivity contribution in [3.8, 4) is 12.3 Å². The van der Waals surface area contributed by atoms with E-state index >= 15 is 0 Å². The minimum atomic E-state index is -0.318. The standard InChI is InChI=1S/C12H14N4OS/c1-5-6(2)14-11(17)10-9(13)8-7(3)15-16(4)12(8)18-10/h1,6H,13H2,2-4H3,(H,14,17). The van der Waals surface area contributed by atoms with Gasteiger partial charge in [0.05, 0.1) is 22.8 Å². The fourth-order valence-corrected chi connectivity index (χ4v) is 2.89. The molecule has 2 heterocycles. The summed E-state index contributed by atoms with van der Waals surface area (Å²) in [6, 6.07) is -0.318. The molecule has 0 spiro atoms. The molecule has 0 aliphatic carbocycles. The summed E-state index contributed by atoms with van der Waals surface area (Å²) in [6.07, 6.45) is 5.23. The molecule has 0 saturated carbocycles. The monoisotopic (exact) mass is 262 g/mol. The Bertz CT molecular complexity index is 662. The van der Waals surface area contributed by atoms with Crippen LogP contribution in [0.5, 0.6) is 0 Å². The average molecular weight is 262 g/mol. The number of nitrogens with two attached hydrogens (primary N) is 1. The van der Waals surface area contributed by atoms with Gasteiger partial charge in [0.15, 0.2) is 0 Å². The van der Waals surface area contributed by atoms with Crippen molar-refractivity contribution in [3.05, 3.63) is 10.6 Å². The zero-order valence-corrected chi connectivity index (χ0v) is 11.3. The number of nitrogens with zero attached hydrogens (tertiary/aromatic N) is 2. The number of thiophene rings is 1. The predicted octanol–water partition coefficient (Wildman–Crippen LogP) is 1.28. The lowest BCUT2D eigenvalue weighted by Gasteiger charge is -2.06. The maximum Gasteiger partial charge on any atom is 0.264 e. The summed E-state index contributed by atoms with van der Waals surface area (Å²) in [7, 11) is 1.83. The maximum absolute atomic E-state index is 12.0. The highest BCUT2D eigenvalue weighted by atomic mass is 32.1. The summed E-state index contributed by atoms with van der Waals surface area (Å²) in [5.74, 6) is 2.21. The van der Waals surface area contributed by atoms with Crippen molar-refractivity contribution in [2.45, 2.75) is 19.9 Å². The van der Waals surface area contributed by atoms with Crippen LogP contribution < -0.4 is 11.1 Å². The third-order valence-corrected chi connectivity index (χ3v) is 3.96. The van der Waals surface area contributed by atoms with Gasteiger partial charge in [-0.05, 0) is 13.8 Å². The van der Waals surface area contributed by atoms with Crippen LogP contribution in [0.2, 0.25) is 0 Å². The number of carbonyl (C=O) groups excluding carboxylic acids is 1. The van der Waals surface area contributed by atoms with E-state index in [-0.39, 0.29) is 11.9 Å². The molecule has 1 unspecified atom stereocenters. The van der Waals surface area contributed by atoms with Crippen molar-refractivity contribution in [1.82, 2.24) is 15.1 Å². The zero-order valence-electron chi connectivity index (χ0n) is 10.4. The molecule has 0 aliphatic rings. The number of carbonyl (C=O) groups is 1. The molecule has 2 aromatic rings. The van der Waals surface area contributed by atoms with Crippen LogP contribution in [-0.4, -0.2) is 21.7 Å². The lowest BCUT2D eigenvalue weighted by Crippen LogP contribution is -2.31. The summed E-state index contributed by atoms with van der Waals surface area (Å²) >= 11 is 1.33. The Morgan fingerprint density at radius 1 is 1.67 bits per heavy atom. The molecule has 5 nitrogen and oxygen atoms in total. The molecule has 0 aliphatic heterocycles. The Kier molecular flexibility index (Phi) is 3.01. The number of amides is 1. The molecular formula is C12H14N4OS. The molecule has 18 heavy (non-hydrogen) atoms. The summed E-state index contributed by atoms with van der Waals surface area (Å²) in [5.41, 5.74) is 7.31. The molecule has 0 aromatic carbocycles. The minimum Gasteiger partial charge on any atom is -0.397 e. The smallest absolute Gasteiger partial charge is 0.264 e. The summed E-state index contributed by atoms with van der Waals surface area (Å²) < 4.78 is 1.73. The van der Waals surface area contributed by atoms with Gasteiger partial charge < -0.3 is 11.1 Å². The third kappa shape index (κ3) is 1.83. The van der Waals surface area contributed by atoms with E-state index in [1.807, 2.05) is 14.0 Å². The number of aromatic nitrogens is 2. The largest absolute Gasteiger partial charge is 0.397 e. The topological polar surface area (TPSA) is 72.9 Å². The van der Waals surface area contributed by atoms with E-state index in [4.69, 9.17) is 12.2 Å². The molecule has 94 valence electrons. The summed E-state index contributed by atoms with van der Waals surface area (Å²) in [6.45, 7) is 3.62. The number of nitrogen functional groups attached to an aromatic ring is 1. The van der Waals surface area contributed by atoms with Crippen LogP contribution in [0, 0.1) is 19.3 Å². The van der Waals surface area contributed by atoms with Crippen molar-refractivity contribution >= 4 is 33.1 Å². The Morgan fingerprint density at radius 2 is 2.33 bits per heavy atom. The van der Waals surface area contributed by atoms with Gasteiger partial charge >= 0.3 is 0 Å². The van der Waals surface area contributed by atoms with Crippen molar-refractivity contribution < 1.29 is 4.79 Å². The quantitative estimate of drug-likeness (QED) is 0.801. The van der Waals surface area contributed by atoms with Gasteiger partial charge in [0.25, 0.3) is 5.91 Å². The molecule has 1 atom stereocenters. The molecular weight excluding hydrogens is 248 g/mol. The van der Waals surface area contributed by atoms with Gasteiger partial charge in [-0.25, -0.2) is 0 Å². The van der Waals surface area contributed by atoms with Crippen molar-refractivity contribution in [3.63, 3.8) is 0 Å². The number of nitrogens with one attached hydrogen (secondary N) is 1. The lowest BCUT2D eigenvalue weighted by atomic mass is 10.2. The van der Waals surface area contributed by atoms with E-state index in [0.29, 0.717) is 10.6 Å². The lowest BCUT2D eigenvalue weighted by molar-refractivity contribution is 0.0953. The molecule has 3 N–H and O–H groups in total. The van der Waals surface area contributed by atoms with Crippen molar-refractivity contribution in [1.29, 1.82) is 0 Å². The van der Waals surface area contributed by atoms with E-state index in [2.05, 4.69) is 16.3 Å². The van der Waals surface area contributed by atoms with Crippen LogP contribution in [0.25, 0.3) is 10.2 Å². The van der Waals surface area contributed by atoms with Crippen molar-refractivity contribution in [2.24, 2.45) is 7.05 Å². The first-order chi connectivity index (χ1) is 8.45. The number of fused-ring (bicyclic) bond motifs is 1. The fraction of sp³-hybridized carbons (Fsp3) is 0.333. The van der Waals surface area contributed by atoms with Gasteiger partial charge in [-0.1, -0.05) is 5.92 Å². The van der Waals surface area contributed by atoms with Crippen molar-refractivity contribution in [2.75, 3.05) is 5.73 Å². The number of anilines is 1. The Morgan fingerprint density at radius 3 is 2.89 bits per heavy atom. The Labute approximate surface area is 109 Å². The highest BCUT2D eigenvalue weighted by Gasteiger charge is 2.21. The fourth-order valence-electron chi connectivity index (χ4n) is 1.80. The van der Waals surface area contributed by atoms with Crippen LogP contribution in [-0.2, 0) is 7.05 Å². The normalized spacial score (nSPS) is 12.3. The second-order valence-corrected chi connectivity index (χ2v) is 5.09. The number of terminal acetylenes is 1. The third-order valence-electron chi connectivity index (χ3n) is 2.69. The van der Waals surface area contributed by atoms with Gasteiger partial charge in [-0.2, -0.15) is 5.10 Å². The highest BCUT2D eigenvalue weighted by molar-refractivity contribution is 7.21. The molecule has 6 heteroatoms. The summed E-state index contributed by atoms with van der Waals surface area (Å²) in [5, 5.41) is 7.82. The first kappa shape index (κ1) is 12.5. The van der Waals surface area contributed by atoms with Gasteiger partial charge in [-0.3, -0.25) is 9.48 Å². The van der Waals surface area contributed by atoms with Crippen LogP contribution >= 0.6 is 11.3 Å². The van der Waals surface area contributed by atoms with E-state index in [0.717, 1.165) is 15.9 Å². The number of hydrogen-bond donors (Lipinski definition) is 2. The van der Waals surface area contributed by atoms with E-state index in [1.165, 1.54) is 11.3 Å². The molecule has 0 saturated heterocycles. The maximum atomic E-state index is 12.0. The Hall–Kier alpha value is -2.00. The van der Waals surface area contributed by atoms with Crippen LogP contribution in [0.4, 0.5) is 5.69 Å². The van der Waals surface area contributed by atoms with Gasteiger partial charge in [-0.15, -0.1) is 17.8 Å². The Balaban J connectivity index is 2.47. The van der Waals surface area contributed by atoms with Gasteiger partial charge in [0.1, 0.15) is 9.71 Å². The molecule has 2 aromatic heterocycles. The highest BCUT2D eigenvalue weighted by Crippen LogP contribution is 2.35. The molecule has 0 radical (unpaired) electrons. The van der Waals surface area contributed by atoms with E-state index in [1.54, 1.807) is 11.6 Å². The molecule has 0 bridgehead atoms. The first-order valence-electron chi connectivity index (χ1n) is 5.44. The average Bonchev–Trinajstić information content (AvgIpc) is 2.79. The van der Waals surface area contributed by atoms with E-state index < -0.39 is 0 Å². The van der Waals surface area contributed by atoms with Crippen LogP contribution in [0.1, 0.15) is 22.3 Å². The summed E-state index contributed by atoms with van der Waals surface area (Å²) in [4.78, 5) is 13.4. The second-order valence-electron chi connectivity index (χ2n) is 4.10. The van der Waals surface area contributed by atoms with Crippen LogP contribution in [0.15, 0.2) is 0 Å². The van der Waals surface area contributed by atoms with Gasteiger partial charge in [0.2, 0.25) is 0 Å².